The number of rotatable bonds is 5. The maximum absolute atomic E-state index is 13.7. The van der Waals surface area contributed by atoms with E-state index in [-0.39, 0.29) is 11.5 Å². The number of benzene rings is 2. The highest BCUT2D eigenvalue weighted by Gasteiger charge is 2.19. The van der Waals surface area contributed by atoms with E-state index >= 15 is 0 Å². The van der Waals surface area contributed by atoms with Crippen molar-refractivity contribution in [2.75, 3.05) is 20.2 Å². The van der Waals surface area contributed by atoms with Crippen LogP contribution in [0.4, 0.5) is 4.39 Å². The van der Waals surface area contributed by atoms with E-state index in [4.69, 9.17) is 14.2 Å². The summed E-state index contributed by atoms with van der Waals surface area (Å²) in [5.74, 6) is 1.12. The van der Waals surface area contributed by atoms with Gasteiger partial charge in [-0.05, 0) is 35.9 Å². The van der Waals surface area contributed by atoms with Gasteiger partial charge in [0.2, 0.25) is 0 Å². The van der Waals surface area contributed by atoms with Crippen molar-refractivity contribution in [2.45, 2.75) is 4.90 Å². The van der Waals surface area contributed by atoms with Crippen LogP contribution in [-0.2, 0) is 0 Å². The highest BCUT2D eigenvalue weighted by molar-refractivity contribution is 7.99. The lowest BCUT2D eigenvalue weighted by Crippen LogP contribution is -2.00. The second-order valence-corrected chi connectivity index (χ2v) is 5.96. The van der Waals surface area contributed by atoms with Crippen LogP contribution in [0.2, 0.25) is 0 Å². The Bertz CT molecular complexity index is 817. The summed E-state index contributed by atoms with van der Waals surface area (Å²) >= 11 is 1.55. The van der Waals surface area contributed by atoms with Crippen LogP contribution in [0.1, 0.15) is 15.9 Å². The first-order valence-corrected chi connectivity index (χ1v) is 8.14. The molecule has 2 aromatic rings. The summed E-state index contributed by atoms with van der Waals surface area (Å²) in [5, 5.41) is 0. The summed E-state index contributed by atoms with van der Waals surface area (Å²) in [6, 6.07) is 7.96. The number of hydrogen-bond acceptors (Lipinski definition) is 5. The van der Waals surface area contributed by atoms with Gasteiger partial charge >= 0.3 is 0 Å². The van der Waals surface area contributed by atoms with Gasteiger partial charge < -0.3 is 14.2 Å². The largest absolute Gasteiger partial charge is 0.496 e. The SMILES string of the molecule is COc1ccc(C=CC(=O)c2cc3c(cc2OC)SCO3)cc1F. The molecule has 124 valence electrons. The topological polar surface area (TPSA) is 44.8 Å². The average Bonchev–Trinajstić information content (AvgIpc) is 3.06. The third kappa shape index (κ3) is 3.23. The smallest absolute Gasteiger partial charge is 0.189 e. The van der Waals surface area contributed by atoms with E-state index in [2.05, 4.69) is 0 Å². The van der Waals surface area contributed by atoms with Gasteiger partial charge in [-0.1, -0.05) is 23.9 Å². The fourth-order valence-electron chi connectivity index (χ4n) is 2.33. The summed E-state index contributed by atoms with van der Waals surface area (Å²) < 4.78 is 29.3. The van der Waals surface area contributed by atoms with Crippen LogP contribution in [0.5, 0.6) is 17.2 Å². The fourth-order valence-corrected chi connectivity index (χ4v) is 3.10. The van der Waals surface area contributed by atoms with Crippen LogP contribution in [-0.4, -0.2) is 25.9 Å². The molecule has 0 bridgehead atoms. The highest BCUT2D eigenvalue weighted by atomic mass is 32.2. The maximum atomic E-state index is 13.7. The third-order valence-corrected chi connectivity index (χ3v) is 4.43. The number of methoxy groups -OCH3 is 2. The standard InChI is InChI=1S/C18H15FO4S/c1-21-15-6-4-11(7-13(15)19)3-5-14(20)12-8-17-18(24-10-23-17)9-16(12)22-2/h3-9H,10H2,1-2H3. The Morgan fingerprint density at radius 3 is 2.71 bits per heavy atom. The number of allylic oxidation sites excluding steroid dienone is 1. The van der Waals surface area contributed by atoms with Crippen molar-refractivity contribution >= 4 is 23.6 Å². The molecule has 0 aliphatic carbocycles. The number of ether oxygens (including phenoxy) is 3. The first kappa shape index (κ1) is 16.4. The quantitative estimate of drug-likeness (QED) is 0.600. The molecule has 0 atom stereocenters. The number of carbonyl (C=O) groups excluding carboxylic acids is 1. The molecule has 0 unspecified atom stereocenters. The molecule has 6 heteroatoms. The number of hydrogen-bond donors (Lipinski definition) is 0. The zero-order valence-corrected chi connectivity index (χ0v) is 14.0. The Kier molecular flexibility index (Phi) is 4.76. The normalized spacial score (nSPS) is 12.8. The van der Waals surface area contributed by atoms with Gasteiger partial charge in [0.15, 0.2) is 17.3 Å². The number of thioether (sulfide) groups is 1. The Hall–Kier alpha value is -2.47. The highest BCUT2D eigenvalue weighted by Crippen LogP contribution is 2.40. The summed E-state index contributed by atoms with van der Waals surface area (Å²) in [4.78, 5) is 13.4. The van der Waals surface area contributed by atoms with E-state index in [1.165, 1.54) is 32.4 Å². The molecule has 1 aliphatic rings. The van der Waals surface area contributed by atoms with Crippen LogP contribution >= 0.6 is 11.8 Å². The van der Waals surface area contributed by atoms with E-state index in [1.54, 1.807) is 36.0 Å². The first-order chi connectivity index (χ1) is 11.6. The van der Waals surface area contributed by atoms with Crippen LogP contribution < -0.4 is 14.2 Å². The van der Waals surface area contributed by atoms with Gasteiger partial charge in [-0.3, -0.25) is 4.79 Å². The predicted molar refractivity (Wildman–Crippen MR) is 90.7 cm³/mol. The summed E-state index contributed by atoms with van der Waals surface area (Å²) in [6.07, 6.45) is 2.93. The van der Waals surface area contributed by atoms with Crippen molar-refractivity contribution in [3.63, 3.8) is 0 Å². The second-order valence-electron chi connectivity index (χ2n) is 5.00. The molecule has 4 nitrogen and oxygen atoms in total. The summed E-state index contributed by atoms with van der Waals surface area (Å²) in [7, 11) is 2.92. The van der Waals surface area contributed by atoms with Crippen molar-refractivity contribution < 1.29 is 23.4 Å². The molecule has 0 amide bonds. The lowest BCUT2D eigenvalue weighted by Gasteiger charge is -2.08. The molecule has 3 rings (SSSR count). The molecular formula is C18H15FO4S. The summed E-state index contributed by atoms with van der Waals surface area (Å²) in [5.41, 5.74) is 0.970. The van der Waals surface area contributed by atoms with E-state index in [9.17, 15) is 9.18 Å². The van der Waals surface area contributed by atoms with Gasteiger partial charge in [0.1, 0.15) is 17.4 Å². The van der Waals surface area contributed by atoms with Crippen LogP contribution in [0, 0.1) is 5.82 Å². The van der Waals surface area contributed by atoms with Crippen LogP contribution in [0.3, 0.4) is 0 Å². The first-order valence-electron chi connectivity index (χ1n) is 7.16. The van der Waals surface area contributed by atoms with Gasteiger partial charge in [-0.15, -0.1) is 0 Å². The van der Waals surface area contributed by atoms with E-state index in [0.29, 0.717) is 28.6 Å². The van der Waals surface area contributed by atoms with E-state index in [0.717, 1.165) is 4.90 Å². The Labute approximate surface area is 143 Å². The second kappa shape index (κ2) is 6.97. The zero-order valence-electron chi connectivity index (χ0n) is 13.2. The molecular weight excluding hydrogens is 331 g/mol. The predicted octanol–water partition coefficient (Wildman–Crippen LogP) is 4.18. The van der Waals surface area contributed by atoms with E-state index < -0.39 is 5.82 Å². The maximum Gasteiger partial charge on any atom is 0.189 e. The molecule has 0 fully saturated rings. The van der Waals surface area contributed by atoms with Gasteiger partial charge in [0, 0.05) is 0 Å². The Balaban J connectivity index is 1.86. The van der Waals surface area contributed by atoms with Crippen molar-refractivity contribution in [1.29, 1.82) is 0 Å². The molecule has 0 N–H and O–H groups in total. The molecule has 0 saturated heterocycles. The lowest BCUT2D eigenvalue weighted by atomic mass is 10.1. The zero-order chi connectivity index (χ0) is 17.1. The molecule has 0 spiro atoms. The minimum atomic E-state index is -0.479. The number of carbonyl (C=O) groups is 1. The van der Waals surface area contributed by atoms with Crippen LogP contribution in [0.15, 0.2) is 41.3 Å². The minimum absolute atomic E-state index is 0.161. The minimum Gasteiger partial charge on any atom is -0.496 e. The molecule has 24 heavy (non-hydrogen) atoms. The van der Waals surface area contributed by atoms with Crippen molar-refractivity contribution in [3.05, 3.63) is 53.4 Å². The van der Waals surface area contributed by atoms with Crippen molar-refractivity contribution in [2.24, 2.45) is 0 Å². The van der Waals surface area contributed by atoms with Gasteiger partial charge in [-0.2, -0.15) is 0 Å². The Morgan fingerprint density at radius 2 is 2.00 bits per heavy atom. The van der Waals surface area contributed by atoms with Gasteiger partial charge in [-0.25, -0.2) is 4.39 Å². The fraction of sp³-hybridized carbons (Fsp3) is 0.167. The third-order valence-electron chi connectivity index (χ3n) is 3.56. The molecule has 0 radical (unpaired) electrons. The molecule has 0 aromatic heterocycles. The molecule has 1 aliphatic heterocycles. The monoisotopic (exact) mass is 346 g/mol. The number of ketones is 1. The van der Waals surface area contributed by atoms with Crippen molar-refractivity contribution in [1.82, 2.24) is 0 Å². The molecule has 2 aromatic carbocycles. The molecule has 1 heterocycles. The summed E-state index contributed by atoms with van der Waals surface area (Å²) in [6.45, 7) is 0. The lowest BCUT2D eigenvalue weighted by molar-refractivity contribution is 0.104. The van der Waals surface area contributed by atoms with Crippen molar-refractivity contribution in [3.8, 4) is 17.2 Å². The van der Waals surface area contributed by atoms with Gasteiger partial charge in [0.05, 0.1) is 24.7 Å². The van der Waals surface area contributed by atoms with Gasteiger partial charge in [0.25, 0.3) is 0 Å². The van der Waals surface area contributed by atoms with Crippen LogP contribution in [0.25, 0.3) is 6.08 Å². The number of fused-ring (bicyclic) bond motifs is 1. The average molecular weight is 346 g/mol. The molecule has 0 saturated carbocycles. The van der Waals surface area contributed by atoms with E-state index in [1.807, 2.05) is 0 Å². The Morgan fingerprint density at radius 1 is 1.21 bits per heavy atom. The number of halogens is 1.